The van der Waals surface area contributed by atoms with Crippen molar-refractivity contribution in [3.63, 3.8) is 0 Å². The SMILES string of the molecule is COC(=O)c1cncc(OC[C@@H]2[C@H]3Cc4ccc(OC)cc4[C@]2(C)CCN3C)c1. The molecule has 2 aromatic rings. The van der Waals surface area contributed by atoms with Crippen molar-refractivity contribution in [1.82, 2.24) is 9.88 Å². The van der Waals surface area contributed by atoms with E-state index in [4.69, 9.17) is 14.2 Å². The zero-order chi connectivity index (χ0) is 20.6. The Hall–Kier alpha value is -2.60. The van der Waals surface area contributed by atoms with Gasteiger partial charge in [-0.15, -0.1) is 0 Å². The Morgan fingerprint density at radius 3 is 2.83 bits per heavy atom. The van der Waals surface area contributed by atoms with Crippen molar-refractivity contribution in [3.8, 4) is 11.5 Å². The Kier molecular flexibility index (Phi) is 5.21. The van der Waals surface area contributed by atoms with Crippen LogP contribution in [0.3, 0.4) is 0 Å². The first kappa shape index (κ1) is 19.7. The minimum atomic E-state index is -0.412. The van der Waals surface area contributed by atoms with Crippen molar-refractivity contribution in [1.29, 1.82) is 0 Å². The van der Waals surface area contributed by atoms with Crippen LogP contribution < -0.4 is 9.47 Å². The van der Waals surface area contributed by atoms with Crippen LogP contribution in [0.5, 0.6) is 11.5 Å². The van der Waals surface area contributed by atoms with Crippen molar-refractivity contribution in [2.45, 2.75) is 31.2 Å². The number of piperidine rings is 1. The van der Waals surface area contributed by atoms with Crippen LogP contribution in [0.2, 0.25) is 0 Å². The molecule has 1 saturated heterocycles. The summed E-state index contributed by atoms with van der Waals surface area (Å²) in [6.07, 6.45) is 5.20. The van der Waals surface area contributed by atoms with Crippen molar-refractivity contribution >= 4 is 5.97 Å². The first-order valence-corrected chi connectivity index (χ1v) is 10.00. The molecule has 0 radical (unpaired) electrons. The first-order valence-electron chi connectivity index (χ1n) is 10.00. The van der Waals surface area contributed by atoms with Crippen LogP contribution in [-0.4, -0.2) is 56.3 Å². The largest absolute Gasteiger partial charge is 0.497 e. The number of hydrogen-bond acceptors (Lipinski definition) is 6. The van der Waals surface area contributed by atoms with Gasteiger partial charge in [-0.3, -0.25) is 4.98 Å². The highest BCUT2D eigenvalue weighted by Gasteiger charge is 2.50. The molecule has 0 unspecified atom stereocenters. The molecule has 2 bridgehead atoms. The zero-order valence-corrected chi connectivity index (χ0v) is 17.5. The van der Waals surface area contributed by atoms with Crippen LogP contribution in [0.15, 0.2) is 36.7 Å². The van der Waals surface area contributed by atoms with Gasteiger partial charge in [0.1, 0.15) is 11.5 Å². The van der Waals surface area contributed by atoms with Crippen LogP contribution in [0.25, 0.3) is 0 Å². The first-order chi connectivity index (χ1) is 14.0. The third-order valence-corrected chi connectivity index (χ3v) is 6.76. The molecule has 2 aliphatic rings. The summed E-state index contributed by atoms with van der Waals surface area (Å²) in [4.78, 5) is 18.4. The zero-order valence-electron chi connectivity index (χ0n) is 17.5. The fraction of sp³-hybridized carbons (Fsp3) is 0.478. The molecule has 1 aromatic heterocycles. The second-order valence-electron chi connectivity index (χ2n) is 8.26. The van der Waals surface area contributed by atoms with Gasteiger partial charge in [0.2, 0.25) is 0 Å². The maximum absolute atomic E-state index is 11.8. The summed E-state index contributed by atoms with van der Waals surface area (Å²) in [6, 6.07) is 8.56. The minimum absolute atomic E-state index is 0.00663. The summed E-state index contributed by atoms with van der Waals surface area (Å²) in [5.74, 6) is 1.40. The average Bonchev–Trinajstić information content (AvgIpc) is 2.75. The summed E-state index contributed by atoms with van der Waals surface area (Å²) >= 11 is 0. The predicted octanol–water partition coefficient (Wildman–Crippen LogP) is 3.09. The molecule has 29 heavy (non-hydrogen) atoms. The highest BCUT2D eigenvalue weighted by Crippen LogP contribution is 2.49. The van der Waals surface area contributed by atoms with Gasteiger partial charge in [0, 0.05) is 23.6 Å². The van der Waals surface area contributed by atoms with Crippen molar-refractivity contribution < 1.29 is 19.0 Å². The Balaban J connectivity index is 1.62. The molecule has 0 saturated carbocycles. The number of nitrogens with zero attached hydrogens (tertiary/aromatic N) is 2. The van der Waals surface area contributed by atoms with E-state index < -0.39 is 5.97 Å². The molecule has 0 N–H and O–H groups in total. The van der Waals surface area contributed by atoms with Gasteiger partial charge in [0.15, 0.2) is 0 Å². The normalized spacial score (nSPS) is 25.8. The number of pyridine rings is 1. The summed E-state index contributed by atoms with van der Waals surface area (Å²) in [5.41, 5.74) is 3.17. The van der Waals surface area contributed by atoms with Gasteiger partial charge in [-0.05, 0) is 55.8 Å². The van der Waals surface area contributed by atoms with E-state index in [-0.39, 0.29) is 5.41 Å². The number of rotatable bonds is 5. The molecule has 0 amide bonds. The Labute approximate surface area is 171 Å². The number of hydrogen-bond donors (Lipinski definition) is 0. The molecule has 1 aliphatic heterocycles. The Bertz CT molecular complexity index is 916. The van der Waals surface area contributed by atoms with Crippen molar-refractivity contribution in [2.24, 2.45) is 5.92 Å². The number of ether oxygens (including phenoxy) is 3. The number of carbonyl (C=O) groups excluding carboxylic acids is 1. The second-order valence-corrected chi connectivity index (χ2v) is 8.26. The van der Waals surface area contributed by atoms with Crippen molar-refractivity contribution in [2.75, 3.05) is 34.4 Å². The minimum Gasteiger partial charge on any atom is -0.497 e. The highest BCUT2D eigenvalue weighted by molar-refractivity contribution is 5.89. The van der Waals surface area contributed by atoms with Crippen LogP contribution in [-0.2, 0) is 16.6 Å². The Morgan fingerprint density at radius 2 is 2.07 bits per heavy atom. The van der Waals surface area contributed by atoms with E-state index in [9.17, 15) is 4.79 Å². The fourth-order valence-corrected chi connectivity index (χ4v) is 4.95. The molecule has 4 rings (SSSR count). The summed E-state index contributed by atoms with van der Waals surface area (Å²) < 4.78 is 16.5. The van der Waals surface area contributed by atoms with Gasteiger partial charge in [-0.1, -0.05) is 13.0 Å². The number of benzene rings is 1. The number of esters is 1. The maximum atomic E-state index is 11.8. The monoisotopic (exact) mass is 396 g/mol. The third kappa shape index (κ3) is 3.46. The van der Waals surface area contributed by atoms with Gasteiger partial charge < -0.3 is 19.1 Å². The second kappa shape index (κ2) is 7.67. The number of fused-ring (bicyclic) bond motifs is 4. The lowest BCUT2D eigenvalue weighted by atomic mass is 9.58. The number of likely N-dealkylation sites (N-methyl/N-ethyl adjacent to an activating group) is 1. The fourth-order valence-electron chi connectivity index (χ4n) is 4.95. The maximum Gasteiger partial charge on any atom is 0.339 e. The van der Waals surface area contributed by atoms with E-state index in [2.05, 4.69) is 42.1 Å². The number of carbonyl (C=O) groups is 1. The van der Waals surface area contributed by atoms with E-state index in [0.29, 0.717) is 29.9 Å². The highest BCUT2D eigenvalue weighted by atomic mass is 16.5. The van der Waals surface area contributed by atoms with Crippen LogP contribution in [0, 0.1) is 5.92 Å². The molecular weight excluding hydrogens is 368 g/mol. The Morgan fingerprint density at radius 1 is 1.24 bits per heavy atom. The quantitative estimate of drug-likeness (QED) is 0.724. The molecule has 2 heterocycles. The summed E-state index contributed by atoms with van der Waals surface area (Å²) in [6.45, 7) is 3.98. The van der Waals surface area contributed by atoms with Gasteiger partial charge in [-0.2, -0.15) is 0 Å². The molecule has 1 aliphatic carbocycles. The van der Waals surface area contributed by atoms with E-state index in [1.807, 2.05) is 0 Å². The smallest absolute Gasteiger partial charge is 0.339 e. The summed E-state index contributed by atoms with van der Waals surface area (Å²) in [5, 5.41) is 0. The number of likely N-dealkylation sites (tertiary alicyclic amines) is 1. The molecule has 6 nitrogen and oxygen atoms in total. The lowest BCUT2D eigenvalue weighted by molar-refractivity contribution is 0.0117. The standard InChI is InChI=1S/C23H28N2O4/c1-23-7-8-25(2)21(10-15-5-6-17(27-3)11-19(15)23)20(23)14-29-18-9-16(12-24-13-18)22(26)28-4/h5-6,9,11-13,20-21H,7-8,10,14H2,1-4H3/t20-,21-,23+/m1/s1. The van der Waals surface area contributed by atoms with Crippen molar-refractivity contribution in [3.05, 3.63) is 53.3 Å². The molecule has 1 aromatic carbocycles. The number of methoxy groups -OCH3 is 2. The third-order valence-electron chi connectivity index (χ3n) is 6.76. The van der Waals surface area contributed by atoms with Gasteiger partial charge >= 0.3 is 5.97 Å². The molecule has 3 atom stereocenters. The number of aromatic nitrogens is 1. The van der Waals surface area contributed by atoms with Gasteiger partial charge in [0.05, 0.1) is 32.6 Å². The van der Waals surface area contributed by atoms with Gasteiger partial charge in [-0.25, -0.2) is 4.79 Å². The molecule has 1 fully saturated rings. The molecular formula is C23H28N2O4. The van der Waals surface area contributed by atoms with Crippen LogP contribution >= 0.6 is 0 Å². The van der Waals surface area contributed by atoms with E-state index in [1.165, 1.54) is 24.4 Å². The molecule has 6 heteroatoms. The molecule has 0 spiro atoms. The van der Waals surface area contributed by atoms with E-state index >= 15 is 0 Å². The lowest BCUT2D eigenvalue weighted by Gasteiger charge is -2.54. The lowest BCUT2D eigenvalue weighted by Crippen LogP contribution is -2.59. The van der Waals surface area contributed by atoms with E-state index in [1.54, 1.807) is 19.4 Å². The molecule has 154 valence electrons. The van der Waals surface area contributed by atoms with Crippen LogP contribution in [0.4, 0.5) is 0 Å². The average molecular weight is 396 g/mol. The van der Waals surface area contributed by atoms with Crippen LogP contribution in [0.1, 0.15) is 34.8 Å². The van der Waals surface area contributed by atoms with E-state index in [0.717, 1.165) is 25.1 Å². The summed E-state index contributed by atoms with van der Waals surface area (Å²) in [7, 11) is 5.28. The van der Waals surface area contributed by atoms with Gasteiger partial charge in [0.25, 0.3) is 0 Å². The topological polar surface area (TPSA) is 60.9 Å². The predicted molar refractivity (Wildman–Crippen MR) is 110 cm³/mol.